The minimum Gasteiger partial charge on any atom is -0.301 e. The SMILES string of the molecule is CC(=O)CSCC(=O)Nc1nc(-c2c(F)cc(F)cc2F)c(C)s1. The van der Waals surface area contributed by atoms with Crippen LogP contribution in [0.3, 0.4) is 0 Å². The van der Waals surface area contributed by atoms with Gasteiger partial charge in [0.1, 0.15) is 23.2 Å². The molecule has 0 aliphatic rings. The number of benzene rings is 1. The molecule has 0 bridgehead atoms. The highest BCUT2D eigenvalue weighted by Gasteiger charge is 2.20. The topological polar surface area (TPSA) is 59.1 Å². The van der Waals surface area contributed by atoms with Crippen LogP contribution in [0.1, 0.15) is 11.8 Å². The number of carbonyl (C=O) groups is 2. The highest BCUT2D eigenvalue weighted by Crippen LogP contribution is 2.34. The number of ketones is 1. The highest BCUT2D eigenvalue weighted by atomic mass is 32.2. The van der Waals surface area contributed by atoms with Gasteiger partial charge in [0.2, 0.25) is 5.91 Å². The number of amides is 1. The van der Waals surface area contributed by atoms with E-state index >= 15 is 0 Å². The van der Waals surface area contributed by atoms with Crippen LogP contribution in [0.25, 0.3) is 11.3 Å². The van der Waals surface area contributed by atoms with Crippen molar-refractivity contribution in [3.05, 3.63) is 34.5 Å². The predicted molar refractivity (Wildman–Crippen MR) is 88.8 cm³/mol. The van der Waals surface area contributed by atoms with Gasteiger partial charge in [-0.05, 0) is 13.8 Å². The van der Waals surface area contributed by atoms with Crippen molar-refractivity contribution in [3.63, 3.8) is 0 Å². The van der Waals surface area contributed by atoms with Crippen LogP contribution in [0.4, 0.5) is 18.3 Å². The number of nitrogens with zero attached hydrogens (tertiary/aromatic N) is 1. The van der Waals surface area contributed by atoms with Crippen LogP contribution in [0.2, 0.25) is 0 Å². The lowest BCUT2D eigenvalue weighted by molar-refractivity contribution is -0.114. The van der Waals surface area contributed by atoms with Crippen molar-refractivity contribution in [3.8, 4) is 11.3 Å². The molecule has 0 radical (unpaired) electrons. The van der Waals surface area contributed by atoms with Gasteiger partial charge in [-0.25, -0.2) is 18.2 Å². The Bertz CT molecular complexity index is 770. The summed E-state index contributed by atoms with van der Waals surface area (Å²) in [6, 6.07) is 1.15. The molecule has 0 atom stereocenters. The number of aryl methyl sites for hydroxylation is 1. The number of aromatic nitrogens is 1. The van der Waals surface area contributed by atoms with Crippen LogP contribution in [0, 0.1) is 24.4 Å². The summed E-state index contributed by atoms with van der Waals surface area (Å²) in [5.74, 6) is -3.26. The minimum atomic E-state index is -1.06. The Labute approximate surface area is 144 Å². The minimum absolute atomic E-state index is 0.0155. The van der Waals surface area contributed by atoms with Crippen molar-refractivity contribution in [2.24, 2.45) is 0 Å². The normalized spacial score (nSPS) is 10.7. The Balaban J connectivity index is 2.16. The third kappa shape index (κ3) is 4.57. The molecule has 0 saturated heterocycles. The zero-order chi connectivity index (χ0) is 17.9. The molecule has 2 aromatic rings. The van der Waals surface area contributed by atoms with E-state index in [0.29, 0.717) is 17.0 Å². The molecule has 2 rings (SSSR count). The van der Waals surface area contributed by atoms with Crippen LogP contribution >= 0.6 is 23.1 Å². The number of thiazole rings is 1. The summed E-state index contributed by atoms with van der Waals surface area (Å²) >= 11 is 2.21. The summed E-state index contributed by atoms with van der Waals surface area (Å²) in [4.78, 5) is 27.1. The second kappa shape index (κ2) is 7.80. The van der Waals surface area contributed by atoms with E-state index in [1.54, 1.807) is 6.92 Å². The fourth-order valence-electron chi connectivity index (χ4n) is 1.89. The van der Waals surface area contributed by atoms with Gasteiger partial charge < -0.3 is 5.32 Å². The van der Waals surface area contributed by atoms with Gasteiger partial charge in [0.05, 0.1) is 22.8 Å². The number of nitrogens with one attached hydrogen (secondary N) is 1. The number of thioether (sulfide) groups is 1. The number of hydrogen-bond donors (Lipinski definition) is 1. The molecule has 0 aliphatic carbocycles. The zero-order valence-electron chi connectivity index (χ0n) is 12.8. The molecular weight excluding hydrogens is 361 g/mol. The van der Waals surface area contributed by atoms with Crippen LogP contribution in [-0.2, 0) is 9.59 Å². The first kappa shape index (κ1) is 18.5. The lowest BCUT2D eigenvalue weighted by atomic mass is 10.1. The lowest BCUT2D eigenvalue weighted by Gasteiger charge is -2.03. The van der Waals surface area contributed by atoms with E-state index in [-0.39, 0.29) is 34.0 Å². The third-order valence-electron chi connectivity index (χ3n) is 2.83. The van der Waals surface area contributed by atoms with Crippen molar-refractivity contribution < 1.29 is 22.8 Å². The molecule has 4 nitrogen and oxygen atoms in total. The average Bonchev–Trinajstić information content (AvgIpc) is 2.77. The summed E-state index contributed by atoms with van der Waals surface area (Å²) in [6.45, 7) is 3.02. The summed E-state index contributed by atoms with van der Waals surface area (Å²) in [5, 5.41) is 2.69. The summed E-state index contributed by atoms with van der Waals surface area (Å²) < 4.78 is 40.7. The van der Waals surface area contributed by atoms with Crippen molar-refractivity contribution >= 4 is 39.9 Å². The molecule has 24 heavy (non-hydrogen) atoms. The van der Waals surface area contributed by atoms with Gasteiger partial charge in [0, 0.05) is 17.0 Å². The van der Waals surface area contributed by atoms with Crippen LogP contribution in [0.15, 0.2) is 12.1 Å². The summed E-state index contributed by atoms with van der Waals surface area (Å²) in [6.07, 6.45) is 0. The first-order valence-electron chi connectivity index (χ1n) is 6.77. The molecule has 1 aromatic heterocycles. The molecule has 1 N–H and O–H groups in total. The Morgan fingerprint density at radius 2 is 1.83 bits per heavy atom. The molecule has 1 heterocycles. The Morgan fingerprint density at radius 3 is 2.42 bits per heavy atom. The quantitative estimate of drug-likeness (QED) is 0.836. The Morgan fingerprint density at radius 1 is 1.21 bits per heavy atom. The molecule has 128 valence electrons. The molecule has 0 fully saturated rings. The van der Waals surface area contributed by atoms with Gasteiger partial charge in [-0.15, -0.1) is 23.1 Å². The molecule has 9 heteroatoms. The smallest absolute Gasteiger partial charge is 0.236 e. The maximum Gasteiger partial charge on any atom is 0.236 e. The van der Waals surface area contributed by atoms with E-state index in [0.717, 1.165) is 23.1 Å². The van der Waals surface area contributed by atoms with Gasteiger partial charge >= 0.3 is 0 Å². The van der Waals surface area contributed by atoms with Crippen molar-refractivity contribution in [1.82, 2.24) is 4.98 Å². The average molecular weight is 374 g/mol. The van der Waals surface area contributed by atoms with E-state index in [4.69, 9.17) is 0 Å². The molecule has 0 unspecified atom stereocenters. The maximum atomic E-state index is 13.9. The molecule has 0 spiro atoms. The van der Waals surface area contributed by atoms with Crippen molar-refractivity contribution in [1.29, 1.82) is 0 Å². The highest BCUT2D eigenvalue weighted by molar-refractivity contribution is 8.00. The fraction of sp³-hybridized carbons (Fsp3) is 0.267. The second-order valence-corrected chi connectivity index (χ2v) is 7.10. The van der Waals surface area contributed by atoms with Crippen LogP contribution < -0.4 is 5.32 Å². The summed E-state index contributed by atoms with van der Waals surface area (Å²) in [7, 11) is 0. The van der Waals surface area contributed by atoms with Gasteiger partial charge in [0.15, 0.2) is 5.13 Å². The first-order valence-corrected chi connectivity index (χ1v) is 8.74. The number of anilines is 1. The van der Waals surface area contributed by atoms with Gasteiger partial charge in [0.25, 0.3) is 0 Å². The van der Waals surface area contributed by atoms with Crippen molar-refractivity contribution in [2.45, 2.75) is 13.8 Å². The zero-order valence-corrected chi connectivity index (χ0v) is 14.4. The van der Waals surface area contributed by atoms with Gasteiger partial charge in [-0.2, -0.15) is 0 Å². The molecule has 1 aromatic carbocycles. The molecule has 1 amide bonds. The molecule has 0 saturated carbocycles. The number of carbonyl (C=O) groups excluding carboxylic acids is 2. The van der Waals surface area contributed by atoms with Crippen molar-refractivity contribution in [2.75, 3.05) is 16.8 Å². The third-order valence-corrected chi connectivity index (χ3v) is 4.79. The van der Waals surface area contributed by atoms with E-state index in [1.807, 2.05) is 0 Å². The van der Waals surface area contributed by atoms with Crippen LogP contribution in [-0.4, -0.2) is 28.2 Å². The fourth-order valence-corrected chi connectivity index (χ4v) is 3.38. The lowest BCUT2D eigenvalue weighted by Crippen LogP contribution is -2.14. The number of halogens is 3. The monoisotopic (exact) mass is 374 g/mol. The molecule has 0 aliphatic heterocycles. The number of Topliss-reactive ketones (excluding diaryl/α,β-unsaturated/α-hetero) is 1. The Hall–Kier alpha value is -1.87. The predicted octanol–water partition coefficient (Wildman–Crippen LogP) is 3.80. The van der Waals surface area contributed by atoms with Gasteiger partial charge in [-0.3, -0.25) is 9.59 Å². The summed E-state index contributed by atoms with van der Waals surface area (Å²) in [5.41, 5.74) is -0.418. The first-order chi connectivity index (χ1) is 11.3. The Kier molecular flexibility index (Phi) is 6.00. The standard InChI is InChI=1S/C15H13F3N2O2S2/c1-7(21)5-23-6-12(22)19-15-20-14(8(2)24-15)13-10(17)3-9(16)4-11(13)18/h3-4H,5-6H2,1-2H3,(H,19,20,22). The van der Waals surface area contributed by atoms with E-state index < -0.39 is 23.0 Å². The van der Waals surface area contributed by atoms with E-state index in [1.165, 1.54) is 6.92 Å². The number of hydrogen-bond acceptors (Lipinski definition) is 5. The molecular formula is C15H13F3N2O2S2. The van der Waals surface area contributed by atoms with E-state index in [2.05, 4.69) is 10.3 Å². The number of rotatable bonds is 6. The largest absolute Gasteiger partial charge is 0.301 e. The van der Waals surface area contributed by atoms with E-state index in [9.17, 15) is 22.8 Å². The second-order valence-electron chi connectivity index (χ2n) is 4.91. The van der Waals surface area contributed by atoms with Gasteiger partial charge in [-0.1, -0.05) is 0 Å². The van der Waals surface area contributed by atoms with Crippen LogP contribution in [0.5, 0.6) is 0 Å². The maximum absolute atomic E-state index is 13.9.